The van der Waals surface area contributed by atoms with Crippen molar-refractivity contribution >= 4 is 10.8 Å². The Morgan fingerprint density at radius 3 is 2.33 bits per heavy atom. The van der Waals surface area contributed by atoms with Gasteiger partial charge in [-0.3, -0.25) is 0 Å². The molecule has 2 atom stereocenters. The summed E-state index contributed by atoms with van der Waals surface area (Å²) in [5.41, 5.74) is 1.39. The Morgan fingerprint density at radius 2 is 1.67 bits per heavy atom. The van der Waals surface area contributed by atoms with Gasteiger partial charge in [0.2, 0.25) is 0 Å². The van der Waals surface area contributed by atoms with Crippen molar-refractivity contribution in [1.82, 2.24) is 10.2 Å². The first-order valence-corrected chi connectivity index (χ1v) is 7.89. The lowest BCUT2D eigenvalue weighted by atomic mass is 9.97. The fraction of sp³-hybridized carbons (Fsp3) is 0.474. The lowest BCUT2D eigenvalue weighted by molar-refractivity contribution is 0.190. The predicted octanol–water partition coefficient (Wildman–Crippen LogP) is 4.08. The van der Waals surface area contributed by atoms with Crippen LogP contribution >= 0.6 is 0 Å². The highest BCUT2D eigenvalue weighted by atomic mass is 15.1. The van der Waals surface area contributed by atoms with E-state index in [1.165, 1.54) is 16.3 Å². The lowest BCUT2D eigenvalue weighted by Gasteiger charge is -2.32. The van der Waals surface area contributed by atoms with Crippen molar-refractivity contribution < 1.29 is 0 Å². The largest absolute Gasteiger partial charge is 0.312 e. The van der Waals surface area contributed by atoms with Gasteiger partial charge in [0.25, 0.3) is 0 Å². The van der Waals surface area contributed by atoms with Crippen molar-refractivity contribution in [3.8, 4) is 0 Å². The molecule has 0 saturated heterocycles. The first-order valence-electron chi connectivity index (χ1n) is 7.89. The standard InChI is InChI=1S/C19H28N2/c1-14(2)15(3)21(5)13-19(20-4)18-12-8-10-16-9-6-7-11-17(16)18/h6-12,14-15,19-20H,13H2,1-5H3. The summed E-state index contributed by atoms with van der Waals surface area (Å²) in [5, 5.41) is 6.16. The van der Waals surface area contributed by atoms with Gasteiger partial charge < -0.3 is 10.2 Å². The lowest BCUT2D eigenvalue weighted by Crippen LogP contribution is -2.39. The molecule has 0 bridgehead atoms. The van der Waals surface area contributed by atoms with Crippen LogP contribution in [0.2, 0.25) is 0 Å². The van der Waals surface area contributed by atoms with Crippen LogP contribution in [0.4, 0.5) is 0 Å². The van der Waals surface area contributed by atoms with Crippen LogP contribution < -0.4 is 5.32 Å². The average Bonchev–Trinajstić information content (AvgIpc) is 2.51. The van der Waals surface area contributed by atoms with E-state index >= 15 is 0 Å². The third-order valence-corrected chi connectivity index (χ3v) is 4.68. The van der Waals surface area contributed by atoms with E-state index in [1.54, 1.807) is 0 Å². The zero-order valence-electron chi connectivity index (χ0n) is 13.9. The number of fused-ring (bicyclic) bond motifs is 1. The van der Waals surface area contributed by atoms with Crippen LogP contribution in [0.3, 0.4) is 0 Å². The average molecular weight is 284 g/mol. The molecule has 0 aliphatic rings. The molecule has 0 amide bonds. The van der Waals surface area contributed by atoms with E-state index in [1.807, 2.05) is 0 Å². The Bertz CT molecular complexity index is 571. The molecule has 2 unspecified atom stereocenters. The van der Waals surface area contributed by atoms with Crippen molar-refractivity contribution in [1.29, 1.82) is 0 Å². The molecule has 0 aliphatic heterocycles. The topological polar surface area (TPSA) is 15.3 Å². The monoisotopic (exact) mass is 284 g/mol. The number of hydrogen-bond donors (Lipinski definition) is 1. The number of rotatable bonds is 6. The molecule has 0 saturated carbocycles. The fourth-order valence-corrected chi connectivity index (χ4v) is 2.86. The minimum atomic E-state index is 0.349. The fourth-order valence-electron chi connectivity index (χ4n) is 2.86. The Labute approximate surface area is 129 Å². The summed E-state index contributed by atoms with van der Waals surface area (Å²) in [5.74, 6) is 0.667. The maximum atomic E-state index is 3.49. The Balaban J connectivity index is 2.28. The van der Waals surface area contributed by atoms with Gasteiger partial charge in [0.1, 0.15) is 0 Å². The second-order valence-corrected chi connectivity index (χ2v) is 6.33. The van der Waals surface area contributed by atoms with Gasteiger partial charge in [-0.2, -0.15) is 0 Å². The quantitative estimate of drug-likeness (QED) is 0.860. The summed E-state index contributed by atoms with van der Waals surface area (Å²) in [6.45, 7) is 7.89. The number of benzene rings is 2. The summed E-state index contributed by atoms with van der Waals surface area (Å²) in [7, 11) is 4.28. The highest BCUT2D eigenvalue weighted by Crippen LogP contribution is 2.25. The van der Waals surface area contributed by atoms with Crippen molar-refractivity contribution in [2.24, 2.45) is 5.92 Å². The number of nitrogens with one attached hydrogen (secondary N) is 1. The minimum Gasteiger partial charge on any atom is -0.312 e. The molecule has 2 heteroatoms. The van der Waals surface area contributed by atoms with Gasteiger partial charge in [-0.15, -0.1) is 0 Å². The highest BCUT2D eigenvalue weighted by Gasteiger charge is 2.19. The van der Waals surface area contributed by atoms with Crippen LogP contribution in [0, 0.1) is 5.92 Å². The third-order valence-electron chi connectivity index (χ3n) is 4.68. The zero-order chi connectivity index (χ0) is 15.4. The normalized spacial score (nSPS) is 14.8. The molecule has 0 radical (unpaired) electrons. The molecule has 114 valence electrons. The van der Waals surface area contributed by atoms with Crippen molar-refractivity contribution in [2.45, 2.75) is 32.9 Å². The molecule has 0 heterocycles. The van der Waals surface area contributed by atoms with Gasteiger partial charge in [0, 0.05) is 18.6 Å². The molecule has 21 heavy (non-hydrogen) atoms. The summed E-state index contributed by atoms with van der Waals surface area (Å²) in [6.07, 6.45) is 0. The number of likely N-dealkylation sites (N-methyl/N-ethyl adjacent to an activating group) is 2. The van der Waals surface area contributed by atoms with Crippen molar-refractivity contribution in [2.75, 3.05) is 20.6 Å². The molecular weight excluding hydrogens is 256 g/mol. The van der Waals surface area contributed by atoms with Crippen molar-refractivity contribution in [3.05, 3.63) is 48.0 Å². The van der Waals surface area contributed by atoms with E-state index in [-0.39, 0.29) is 0 Å². The molecule has 2 aromatic carbocycles. The number of nitrogens with zero attached hydrogens (tertiary/aromatic N) is 1. The van der Waals surface area contributed by atoms with Gasteiger partial charge >= 0.3 is 0 Å². The van der Waals surface area contributed by atoms with E-state index in [0.717, 1.165) is 6.54 Å². The van der Waals surface area contributed by atoms with E-state index in [4.69, 9.17) is 0 Å². The van der Waals surface area contributed by atoms with Crippen LogP contribution in [-0.2, 0) is 0 Å². The molecule has 0 fully saturated rings. The van der Waals surface area contributed by atoms with Gasteiger partial charge in [0.15, 0.2) is 0 Å². The molecule has 1 N–H and O–H groups in total. The maximum Gasteiger partial charge on any atom is 0.0453 e. The van der Waals surface area contributed by atoms with Gasteiger partial charge in [0.05, 0.1) is 0 Å². The molecule has 0 aromatic heterocycles. The first-order chi connectivity index (χ1) is 10.0. The maximum absolute atomic E-state index is 3.49. The second kappa shape index (κ2) is 7.06. The second-order valence-electron chi connectivity index (χ2n) is 6.33. The molecular formula is C19H28N2. The first kappa shape index (κ1) is 16.0. The minimum absolute atomic E-state index is 0.349. The smallest absolute Gasteiger partial charge is 0.0453 e. The Kier molecular flexibility index (Phi) is 5.38. The summed E-state index contributed by atoms with van der Waals surface area (Å²) >= 11 is 0. The molecule has 2 nitrogen and oxygen atoms in total. The van der Waals surface area contributed by atoms with E-state index < -0.39 is 0 Å². The van der Waals surface area contributed by atoms with E-state index in [2.05, 4.69) is 87.5 Å². The van der Waals surface area contributed by atoms with Gasteiger partial charge in [-0.1, -0.05) is 56.3 Å². The van der Waals surface area contributed by atoms with Crippen LogP contribution in [0.15, 0.2) is 42.5 Å². The molecule has 2 rings (SSSR count). The van der Waals surface area contributed by atoms with Crippen LogP contribution in [0.25, 0.3) is 10.8 Å². The summed E-state index contributed by atoms with van der Waals surface area (Å²) < 4.78 is 0. The Hall–Kier alpha value is -1.38. The van der Waals surface area contributed by atoms with E-state index in [9.17, 15) is 0 Å². The predicted molar refractivity (Wildman–Crippen MR) is 92.7 cm³/mol. The van der Waals surface area contributed by atoms with Gasteiger partial charge in [-0.25, -0.2) is 0 Å². The zero-order valence-corrected chi connectivity index (χ0v) is 13.9. The SMILES string of the molecule is CNC(CN(C)C(C)C(C)C)c1cccc2ccccc12. The number of hydrogen-bond acceptors (Lipinski definition) is 2. The van der Waals surface area contributed by atoms with Crippen LogP contribution in [-0.4, -0.2) is 31.6 Å². The van der Waals surface area contributed by atoms with Crippen molar-refractivity contribution in [3.63, 3.8) is 0 Å². The highest BCUT2D eigenvalue weighted by molar-refractivity contribution is 5.86. The van der Waals surface area contributed by atoms with Gasteiger partial charge in [-0.05, 0) is 43.3 Å². The Morgan fingerprint density at radius 1 is 1.00 bits per heavy atom. The van der Waals surface area contributed by atoms with Crippen LogP contribution in [0.5, 0.6) is 0 Å². The summed E-state index contributed by atoms with van der Waals surface area (Å²) in [6, 6.07) is 16.2. The molecule has 0 aliphatic carbocycles. The van der Waals surface area contributed by atoms with Crippen LogP contribution in [0.1, 0.15) is 32.4 Å². The third kappa shape index (κ3) is 3.63. The molecule has 2 aromatic rings. The van der Waals surface area contributed by atoms with E-state index in [0.29, 0.717) is 18.0 Å². The summed E-state index contributed by atoms with van der Waals surface area (Å²) in [4.78, 5) is 2.45. The molecule has 0 spiro atoms.